The van der Waals surface area contributed by atoms with Crippen LogP contribution in [0.4, 0.5) is 15.3 Å². The second-order valence-corrected chi connectivity index (χ2v) is 14.3. The molecule has 2 aromatic heterocycles. The summed E-state index contributed by atoms with van der Waals surface area (Å²) in [4.78, 5) is 30.6. The molecule has 0 bridgehead atoms. The molecule has 2 fully saturated rings. The van der Waals surface area contributed by atoms with Crippen LogP contribution >= 0.6 is 0 Å². The number of aryl methyl sites for hydroxylation is 2. The maximum absolute atomic E-state index is 13.2. The second kappa shape index (κ2) is 10.1. The zero-order valence-corrected chi connectivity index (χ0v) is 24.6. The maximum atomic E-state index is 13.2. The molecule has 0 saturated heterocycles. The number of pyridine rings is 1. The average molecular weight is 581 g/mol. The molecule has 2 N–H and O–H groups in total. The molecule has 6 rings (SSSR count). The lowest BCUT2D eigenvalue weighted by molar-refractivity contribution is -0.00688. The van der Waals surface area contributed by atoms with E-state index in [9.17, 15) is 18.0 Å². The van der Waals surface area contributed by atoms with Crippen LogP contribution in [0.5, 0.6) is 0 Å². The number of benzene rings is 1. The van der Waals surface area contributed by atoms with E-state index in [0.29, 0.717) is 29.6 Å². The van der Waals surface area contributed by atoms with Crippen LogP contribution in [0.25, 0.3) is 22.2 Å². The summed E-state index contributed by atoms with van der Waals surface area (Å²) in [7, 11) is -3.86. The summed E-state index contributed by atoms with van der Waals surface area (Å²) in [6, 6.07) is 5.00. The number of urea groups is 1. The van der Waals surface area contributed by atoms with E-state index in [1.165, 1.54) is 4.57 Å². The molecule has 2 saturated carbocycles. The van der Waals surface area contributed by atoms with E-state index in [-0.39, 0.29) is 12.2 Å². The summed E-state index contributed by atoms with van der Waals surface area (Å²) in [5, 5.41) is 2.98. The molecule has 3 aliphatic rings. The first kappa shape index (κ1) is 27.7. The Morgan fingerprint density at radius 3 is 2.56 bits per heavy atom. The lowest BCUT2D eigenvalue weighted by Gasteiger charge is -2.34. The molecular weight excluding hydrogens is 544 g/mol. The molecule has 218 valence electrons. The Hall–Kier alpha value is -3.44. The summed E-state index contributed by atoms with van der Waals surface area (Å²) >= 11 is 0. The molecule has 10 nitrogen and oxygen atoms in total. The number of carbonyl (C=O) groups is 2. The molecule has 1 aromatic carbocycles. The van der Waals surface area contributed by atoms with E-state index >= 15 is 0 Å². The molecule has 2 amide bonds. The van der Waals surface area contributed by atoms with Crippen molar-refractivity contribution in [3.05, 3.63) is 47.3 Å². The largest absolute Gasteiger partial charge is 0.443 e. The normalized spacial score (nSPS) is 20.4. The highest BCUT2D eigenvalue weighted by molar-refractivity contribution is 7.90. The zero-order chi connectivity index (χ0) is 29.1. The Kier molecular flexibility index (Phi) is 6.85. The number of amides is 2. The Morgan fingerprint density at radius 1 is 1.10 bits per heavy atom. The van der Waals surface area contributed by atoms with Crippen LogP contribution in [-0.2, 0) is 32.3 Å². The maximum Gasteiger partial charge on any atom is 0.420 e. The predicted octanol–water partition coefficient (Wildman–Crippen LogP) is 5.44. The van der Waals surface area contributed by atoms with Crippen molar-refractivity contribution in [2.24, 2.45) is 0 Å². The molecule has 3 aliphatic carbocycles. The van der Waals surface area contributed by atoms with Crippen LogP contribution in [0.1, 0.15) is 69.6 Å². The SMILES string of the molecule is Cc1cc2c(c(NC(=O)NS(=O)(=O)C3CC(OC4CC4)C3)c1-c1ccnc3c1ccn3C(=O)OC(C)(C)C)CCC2. The molecule has 0 unspecified atom stereocenters. The van der Waals surface area contributed by atoms with Gasteiger partial charge in [-0.25, -0.2) is 32.3 Å². The van der Waals surface area contributed by atoms with Gasteiger partial charge in [-0.15, -0.1) is 0 Å². The predicted molar refractivity (Wildman–Crippen MR) is 156 cm³/mol. The molecule has 11 heteroatoms. The van der Waals surface area contributed by atoms with E-state index in [1.54, 1.807) is 39.2 Å². The van der Waals surface area contributed by atoms with Gasteiger partial charge in [0.15, 0.2) is 0 Å². The number of carbonyl (C=O) groups excluding carboxylic acids is 2. The van der Waals surface area contributed by atoms with Crippen molar-refractivity contribution in [1.82, 2.24) is 14.3 Å². The van der Waals surface area contributed by atoms with Gasteiger partial charge in [0.05, 0.1) is 23.1 Å². The van der Waals surface area contributed by atoms with Gasteiger partial charge in [-0.05, 0) is 107 Å². The number of hydrogen-bond donors (Lipinski definition) is 2. The van der Waals surface area contributed by atoms with Gasteiger partial charge >= 0.3 is 12.1 Å². The van der Waals surface area contributed by atoms with Crippen LogP contribution in [0, 0.1) is 6.92 Å². The van der Waals surface area contributed by atoms with Crippen molar-refractivity contribution in [3.63, 3.8) is 0 Å². The van der Waals surface area contributed by atoms with Crippen molar-refractivity contribution in [2.45, 2.75) is 95.7 Å². The fourth-order valence-corrected chi connectivity index (χ4v) is 7.21. The van der Waals surface area contributed by atoms with Crippen LogP contribution in [-0.4, -0.2) is 53.2 Å². The minimum Gasteiger partial charge on any atom is -0.443 e. The Morgan fingerprint density at radius 2 is 1.85 bits per heavy atom. The van der Waals surface area contributed by atoms with Crippen LogP contribution in [0.3, 0.4) is 0 Å². The van der Waals surface area contributed by atoms with E-state index < -0.39 is 33.0 Å². The first-order valence-electron chi connectivity index (χ1n) is 14.2. The van der Waals surface area contributed by atoms with Crippen LogP contribution in [0.2, 0.25) is 0 Å². The standard InChI is InChI=1S/C30H36N4O6S/c1-17-14-18-6-5-7-22(18)26(32-28(35)33-41(37,38)21-15-20(16-21)39-19-8-9-19)25(17)23-10-12-31-27-24(23)11-13-34(27)29(36)40-30(2,3)4/h10-14,19-21H,5-9,15-16H2,1-4H3,(H2,32,33,35). The van der Waals surface area contributed by atoms with Crippen molar-refractivity contribution in [3.8, 4) is 11.1 Å². The Balaban J connectivity index is 1.31. The highest BCUT2D eigenvalue weighted by Gasteiger charge is 2.42. The number of ether oxygens (including phenoxy) is 2. The summed E-state index contributed by atoms with van der Waals surface area (Å²) in [6.45, 7) is 7.38. The van der Waals surface area contributed by atoms with Crippen molar-refractivity contribution in [1.29, 1.82) is 0 Å². The summed E-state index contributed by atoms with van der Waals surface area (Å²) in [5.74, 6) is 0. The summed E-state index contributed by atoms with van der Waals surface area (Å²) in [6.07, 6.45) is 8.38. The number of hydrogen-bond acceptors (Lipinski definition) is 7. The summed E-state index contributed by atoms with van der Waals surface area (Å²) < 4.78 is 40.9. The van der Waals surface area contributed by atoms with Crippen LogP contribution < -0.4 is 10.0 Å². The van der Waals surface area contributed by atoms with Crippen molar-refractivity contribution >= 4 is 38.9 Å². The fourth-order valence-electron chi connectivity index (χ4n) is 5.80. The lowest BCUT2D eigenvalue weighted by Crippen LogP contribution is -2.49. The van der Waals surface area contributed by atoms with Gasteiger partial charge in [0, 0.05) is 23.3 Å². The van der Waals surface area contributed by atoms with Gasteiger partial charge in [0.2, 0.25) is 10.0 Å². The Labute approximate surface area is 239 Å². The second-order valence-electron chi connectivity index (χ2n) is 12.3. The number of anilines is 1. The van der Waals surface area contributed by atoms with E-state index in [1.807, 2.05) is 13.0 Å². The summed E-state index contributed by atoms with van der Waals surface area (Å²) in [5.41, 5.74) is 4.97. The smallest absolute Gasteiger partial charge is 0.420 e. The minimum atomic E-state index is -3.86. The van der Waals surface area contributed by atoms with Gasteiger partial charge < -0.3 is 14.8 Å². The number of nitrogens with zero attached hydrogens (tertiary/aromatic N) is 2. The van der Waals surface area contributed by atoms with Crippen molar-refractivity contribution in [2.75, 3.05) is 5.32 Å². The topological polar surface area (TPSA) is 129 Å². The number of nitrogens with one attached hydrogen (secondary N) is 2. The molecule has 0 aliphatic heterocycles. The lowest BCUT2D eigenvalue weighted by atomic mass is 9.92. The molecular formula is C30H36N4O6S. The van der Waals surface area contributed by atoms with Crippen molar-refractivity contribution < 1.29 is 27.5 Å². The molecule has 0 radical (unpaired) electrons. The van der Waals surface area contributed by atoms with Gasteiger partial charge in [-0.2, -0.15) is 0 Å². The monoisotopic (exact) mass is 580 g/mol. The molecule has 2 heterocycles. The third-order valence-corrected chi connectivity index (χ3v) is 9.65. The van der Waals surface area contributed by atoms with E-state index in [2.05, 4.69) is 21.1 Å². The van der Waals surface area contributed by atoms with E-state index in [4.69, 9.17) is 9.47 Å². The van der Waals surface area contributed by atoms with Gasteiger partial charge in [0.1, 0.15) is 11.2 Å². The highest BCUT2D eigenvalue weighted by atomic mass is 32.2. The third-order valence-electron chi connectivity index (χ3n) is 7.92. The molecule has 3 aromatic rings. The fraction of sp³-hybridized carbons (Fsp3) is 0.500. The van der Waals surface area contributed by atoms with Gasteiger partial charge in [0.25, 0.3) is 0 Å². The van der Waals surface area contributed by atoms with E-state index in [0.717, 1.165) is 59.9 Å². The Bertz CT molecular complexity index is 1650. The minimum absolute atomic E-state index is 0.0548. The quantitative estimate of drug-likeness (QED) is 0.397. The number of fused-ring (bicyclic) bond motifs is 2. The zero-order valence-electron chi connectivity index (χ0n) is 23.8. The first-order valence-corrected chi connectivity index (χ1v) is 15.8. The van der Waals surface area contributed by atoms with Gasteiger partial charge in [-0.1, -0.05) is 6.07 Å². The first-order chi connectivity index (χ1) is 19.4. The van der Waals surface area contributed by atoms with Crippen LogP contribution in [0.15, 0.2) is 30.6 Å². The molecule has 0 spiro atoms. The number of rotatable bonds is 6. The number of aromatic nitrogens is 2. The average Bonchev–Trinajstić information content (AvgIpc) is 3.35. The third kappa shape index (κ3) is 5.57. The molecule has 41 heavy (non-hydrogen) atoms. The molecule has 0 atom stereocenters. The van der Waals surface area contributed by atoms with Gasteiger partial charge in [-0.3, -0.25) is 0 Å². The number of sulfonamides is 1. The highest BCUT2D eigenvalue weighted by Crippen LogP contribution is 2.42.